The lowest BCUT2D eigenvalue weighted by molar-refractivity contribution is -0.141. The third-order valence-electron chi connectivity index (χ3n) is 8.15. The summed E-state index contributed by atoms with van der Waals surface area (Å²) in [7, 11) is 0. The van der Waals surface area contributed by atoms with Crippen LogP contribution < -0.4 is 5.32 Å². The van der Waals surface area contributed by atoms with E-state index >= 15 is 0 Å². The molecule has 3 heterocycles. The van der Waals surface area contributed by atoms with Gasteiger partial charge in [0.25, 0.3) is 0 Å². The summed E-state index contributed by atoms with van der Waals surface area (Å²) >= 11 is 0. The molecule has 1 N–H and O–H groups in total. The maximum Gasteiger partial charge on any atom is 0.408 e. The van der Waals surface area contributed by atoms with Gasteiger partial charge in [-0.15, -0.1) is 0 Å². The number of alkyl carbamates (subject to hydrolysis) is 1. The second kappa shape index (κ2) is 9.59. The highest BCUT2D eigenvalue weighted by Gasteiger charge is 2.56. The van der Waals surface area contributed by atoms with Crippen molar-refractivity contribution in [2.24, 2.45) is 5.92 Å². The molecule has 3 amide bonds. The molecule has 3 aliphatic heterocycles. The van der Waals surface area contributed by atoms with Crippen LogP contribution in [0.4, 0.5) is 10.5 Å². The molecule has 7 atom stereocenters. The highest BCUT2D eigenvalue weighted by Crippen LogP contribution is 2.48. The van der Waals surface area contributed by atoms with Crippen LogP contribution in [0.15, 0.2) is 24.3 Å². The van der Waals surface area contributed by atoms with Gasteiger partial charge in [-0.1, -0.05) is 24.3 Å². The molecule has 1 saturated carbocycles. The van der Waals surface area contributed by atoms with Crippen molar-refractivity contribution < 1.29 is 19.1 Å². The molecule has 5 rings (SSSR count). The van der Waals surface area contributed by atoms with Crippen molar-refractivity contribution >= 4 is 23.6 Å². The number of amides is 3. The Morgan fingerprint density at radius 1 is 1.24 bits per heavy atom. The van der Waals surface area contributed by atoms with E-state index < -0.39 is 23.8 Å². The number of benzene rings is 1. The zero-order chi connectivity index (χ0) is 27.4. The van der Waals surface area contributed by atoms with E-state index in [4.69, 9.17) is 11.3 Å². The predicted molar refractivity (Wildman–Crippen MR) is 138 cm³/mol. The maximum atomic E-state index is 13.7. The monoisotopic (exact) mass is 518 g/mol. The van der Waals surface area contributed by atoms with Gasteiger partial charge in [-0.25, -0.2) is 9.64 Å². The Labute approximate surface area is 223 Å². The van der Waals surface area contributed by atoms with Gasteiger partial charge in [0.05, 0.1) is 24.7 Å². The number of carbonyl (C=O) groups excluding carboxylic acids is 3. The van der Waals surface area contributed by atoms with Crippen molar-refractivity contribution in [3.05, 3.63) is 41.2 Å². The van der Waals surface area contributed by atoms with Gasteiger partial charge in [0.2, 0.25) is 11.8 Å². The minimum Gasteiger partial charge on any atom is -0.444 e. The largest absolute Gasteiger partial charge is 0.444 e. The molecule has 1 aromatic carbocycles. The van der Waals surface area contributed by atoms with Gasteiger partial charge in [-0.2, -0.15) is 5.26 Å². The maximum absolute atomic E-state index is 13.7. The molecule has 10 heteroatoms. The van der Waals surface area contributed by atoms with Crippen molar-refractivity contribution in [2.45, 2.75) is 88.8 Å². The molecular formula is C28H34N6O4. The molecule has 1 aliphatic carbocycles. The molecule has 0 aromatic heterocycles. The summed E-state index contributed by atoms with van der Waals surface area (Å²) in [5.41, 5.74) is 0.804. The number of fused-ring (bicyclic) bond motifs is 3. The highest BCUT2D eigenvalue weighted by atomic mass is 16.6. The number of rotatable bonds is 6. The number of piperidine rings is 1. The van der Waals surface area contributed by atoms with E-state index in [0.29, 0.717) is 31.0 Å². The number of hydrogen-bond donors (Lipinski definition) is 1. The van der Waals surface area contributed by atoms with Crippen molar-refractivity contribution in [3.63, 3.8) is 0 Å². The first-order chi connectivity index (χ1) is 18.0. The van der Waals surface area contributed by atoms with Gasteiger partial charge in [0, 0.05) is 25.2 Å². The summed E-state index contributed by atoms with van der Waals surface area (Å²) in [6, 6.07) is 7.68. The molecule has 2 bridgehead atoms. The summed E-state index contributed by atoms with van der Waals surface area (Å²) in [5, 5.41) is 12.4. The Morgan fingerprint density at radius 3 is 2.55 bits per heavy atom. The molecule has 0 unspecified atom stereocenters. The standard InChI is InChI=1S/C28H34N6O4/c1-16(17-6-8-19(30-5)9-7-17)33-21-12-24(26(33)36)32(14-21)15-22(31-27(37)38-28(2,3)4)25(35)34-20(13-29)10-18-11-23(18)34/h6-9,16,18,20-24H,10-12,14-15H2,1-4H3,(H,31,37)/t16-,18-,20+,21+,22+,23+,24+/m1/s1. The molecule has 38 heavy (non-hydrogen) atoms. The van der Waals surface area contributed by atoms with Crippen molar-refractivity contribution in [1.29, 1.82) is 5.26 Å². The van der Waals surface area contributed by atoms with Gasteiger partial charge in [-0.05, 0) is 58.4 Å². The molecular weight excluding hydrogens is 484 g/mol. The SMILES string of the molecule is [C-]#[N+]c1ccc([C@@H](C)N2C(=O)[C@@H]3C[C@H]2CN3C[C@H](NC(=O)OC(C)(C)C)C(=O)N2[C@H](C#N)C[C@@H]3C[C@@H]32)cc1. The van der Waals surface area contributed by atoms with Gasteiger partial charge < -0.3 is 19.9 Å². The van der Waals surface area contributed by atoms with Gasteiger partial charge in [0.1, 0.15) is 17.7 Å². The number of ether oxygens (including phenoxy) is 1. The molecule has 10 nitrogen and oxygen atoms in total. The number of nitrogens with zero attached hydrogens (tertiary/aromatic N) is 5. The lowest BCUT2D eigenvalue weighted by Crippen LogP contribution is -2.59. The second-order valence-corrected chi connectivity index (χ2v) is 11.9. The fourth-order valence-corrected chi connectivity index (χ4v) is 6.33. The molecule has 3 saturated heterocycles. The van der Waals surface area contributed by atoms with Crippen LogP contribution in [0, 0.1) is 23.8 Å². The minimum atomic E-state index is -0.917. The number of nitrogens with one attached hydrogen (secondary N) is 1. The van der Waals surface area contributed by atoms with Crippen LogP contribution in [0.3, 0.4) is 0 Å². The fourth-order valence-electron chi connectivity index (χ4n) is 6.33. The summed E-state index contributed by atoms with van der Waals surface area (Å²) in [6.07, 6.45) is 1.53. The number of piperazine rings is 1. The van der Waals surface area contributed by atoms with E-state index in [1.807, 2.05) is 28.9 Å². The smallest absolute Gasteiger partial charge is 0.408 e. The lowest BCUT2D eigenvalue weighted by atomic mass is 10.0. The molecule has 4 fully saturated rings. The van der Waals surface area contributed by atoms with Gasteiger partial charge >= 0.3 is 6.09 Å². The summed E-state index contributed by atoms with van der Waals surface area (Å²) < 4.78 is 5.44. The van der Waals surface area contributed by atoms with Crippen LogP contribution in [0.5, 0.6) is 0 Å². The summed E-state index contributed by atoms with van der Waals surface area (Å²) in [5.74, 6) is 0.0756. The van der Waals surface area contributed by atoms with Crippen LogP contribution in [-0.4, -0.2) is 81.5 Å². The van der Waals surface area contributed by atoms with Gasteiger partial charge in [0.15, 0.2) is 5.69 Å². The average molecular weight is 519 g/mol. The second-order valence-electron chi connectivity index (χ2n) is 11.9. The minimum absolute atomic E-state index is 0.00445. The van der Waals surface area contributed by atoms with E-state index in [0.717, 1.165) is 12.0 Å². The van der Waals surface area contributed by atoms with Crippen LogP contribution in [0.2, 0.25) is 0 Å². The fraction of sp³-hybridized carbons (Fsp3) is 0.607. The summed E-state index contributed by atoms with van der Waals surface area (Å²) in [4.78, 5) is 48.8. The van der Waals surface area contributed by atoms with Crippen molar-refractivity contribution in [3.8, 4) is 6.07 Å². The average Bonchev–Trinajstić information content (AvgIpc) is 3.19. The number of likely N-dealkylation sites (tertiary alicyclic amines) is 3. The molecule has 0 radical (unpaired) electrons. The lowest BCUT2D eigenvalue weighted by Gasteiger charge is -2.39. The first-order valence-corrected chi connectivity index (χ1v) is 13.3. The molecule has 1 aromatic rings. The number of hydrogen-bond acceptors (Lipinski definition) is 6. The predicted octanol–water partition coefficient (Wildman–Crippen LogP) is 2.99. The van der Waals surface area contributed by atoms with Crippen LogP contribution >= 0.6 is 0 Å². The Morgan fingerprint density at radius 2 is 1.95 bits per heavy atom. The number of carbonyl (C=O) groups is 3. The number of nitriles is 1. The van der Waals surface area contributed by atoms with E-state index in [9.17, 15) is 19.6 Å². The Hall–Kier alpha value is -3.63. The van der Waals surface area contributed by atoms with Gasteiger partial charge in [-0.3, -0.25) is 14.5 Å². The third-order valence-corrected chi connectivity index (χ3v) is 8.15. The molecule has 200 valence electrons. The molecule has 4 aliphatic rings. The topological polar surface area (TPSA) is 110 Å². The zero-order valence-corrected chi connectivity index (χ0v) is 22.3. The Balaban J connectivity index is 1.30. The third kappa shape index (κ3) is 4.81. The zero-order valence-electron chi connectivity index (χ0n) is 22.3. The quantitative estimate of drug-likeness (QED) is 0.580. The van der Waals surface area contributed by atoms with Crippen LogP contribution in [0.1, 0.15) is 58.6 Å². The van der Waals surface area contributed by atoms with Crippen molar-refractivity contribution in [2.75, 3.05) is 13.1 Å². The van der Waals surface area contributed by atoms with E-state index in [2.05, 4.69) is 16.2 Å². The summed E-state index contributed by atoms with van der Waals surface area (Å²) in [6.45, 7) is 15.2. The van der Waals surface area contributed by atoms with Crippen LogP contribution in [0.25, 0.3) is 4.85 Å². The Kier molecular flexibility index (Phi) is 6.56. The normalized spacial score (nSPS) is 29.3. The first kappa shape index (κ1) is 26.0. The Bertz CT molecular complexity index is 1210. The van der Waals surface area contributed by atoms with Crippen LogP contribution in [-0.2, 0) is 14.3 Å². The van der Waals surface area contributed by atoms with E-state index in [-0.39, 0.29) is 42.5 Å². The highest BCUT2D eigenvalue weighted by molar-refractivity contribution is 5.89. The first-order valence-electron chi connectivity index (χ1n) is 13.3. The van der Waals surface area contributed by atoms with E-state index in [1.165, 1.54) is 0 Å². The van der Waals surface area contributed by atoms with E-state index in [1.54, 1.807) is 37.8 Å². The molecule has 0 spiro atoms. The van der Waals surface area contributed by atoms with Crippen molar-refractivity contribution in [1.82, 2.24) is 20.0 Å².